The van der Waals surface area contributed by atoms with Gasteiger partial charge < -0.3 is 84.3 Å². The number of nitrogens with one attached hydrogen (secondary N) is 3. The normalized spacial score (nSPS) is 18.5. The predicted molar refractivity (Wildman–Crippen MR) is 359 cm³/mol. The molecule has 3 unspecified atom stereocenters. The van der Waals surface area contributed by atoms with Crippen molar-refractivity contribution in [1.29, 1.82) is 0 Å². The molecule has 8 heterocycles. The Morgan fingerprint density at radius 1 is 0.843 bits per heavy atom. The molecule has 12 rings (SSSR count). The van der Waals surface area contributed by atoms with Gasteiger partial charge in [0, 0.05) is 106 Å². The van der Waals surface area contributed by atoms with Gasteiger partial charge >= 0.3 is 29.4 Å². The number of aromatic nitrogens is 3. The minimum absolute atomic E-state index is 0.00294. The van der Waals surface area contributed by atoms with Crippen molar-refractivity contribution in [1.82, 2.24) is 35.1 Å². The summed E-state index contributed by atoms with van der Waals surface area (Å²) >= 11 is 0. The number of phosphoric acid groups is 3. The molecule has 6 aromatic rings. The molecular formula is C63H69N15O21P3+. The first-order chi connectivity index (χ1) is 49.1. The zero-order chi connectivity index (χ0) is 71.9. The van der Waals surface area contributed by atoms with Crippen LogP contribution < -0.4 is 51.2 Å². The minimum atomic E-state index is -5.83. The number of phosphoric ester groups is 1. The summed E-state index contributed by atoms with van der Waals surface area (Å²) in [7, 11) is -17.1. The second-order valence-electron chi connectivity index (χ2n) is 24.1. The molecule has 0 radical (unpaired) electrons. The number of aryl methyl sites for hydroxylation is 2. The van der Waals surface area contributed by atoms with Gasteiger partial charge in [-0.3, -0.25) is 18.9 Å². The molecule has 102 heavy (non-hydrogen) atoms. The highest BCUT2D eigenvalue weighted by Gasteiger charge is 2.45. The van der Waals surface area contributed by atoms with E-state index in [0.29, 0.717) is 5.56 Å². The van der Waals surface area contributed by atoms with Crippen LogP contribution >= 0.6 is 23.5 Å². The van der Waals surface area contributed by atoms with Crippen LogP contribution in [-0.4, -0.2) is 167 Å². The molecule has 0 saturated carbocycles. The van der Waals surface area contributed by atoms with Crippen LogP contribution in [0.15, 0.2) is 77.3 Å². The second kappa shape index (κ2) is 31.5. The van der Waals surface area contributed by atoms with Crippen LogP contribution in [0.4, 0.5) is 11.5 Å². The number of hydrogen-bond donors (Lipinski definition) is 9. The molecule has 6 aliphatic heterocycles. The summed E-state index contributed by atoms with van der Waals surface area (Å²) in [5, 5.41) is 28.4. The lowest BCUT2D eigenvalue weighted by atomic mass is 9.81. The SMILES string of the molecule is [N-]=[N+]=NCO[C@@H]1C[C@H](n2cc(C#CCNC(=O)COCCOC(COc3cccc(C(=O)NCCNC(=O)c4ccc(C(=O)O)c(C5=c6cc7c8c(c6Oc6c5cc5c9c6CCCN9CCC5)CCC[N+]=8CCC7)c4)c3)N=[N+]=[N-])c3c(N)ncnc32)O[C@@H]1COP(=O)(O)OP(=O)(O)OP(=O)(O)O. The van der Waals surface area contributed by atoms with Crippen molar-refractivity contribution in [2.75, 3.05) is 96.2 Å². The van der Waals surface area contributed by atoms with Crippen LogP contribution in [0.1, 0.15) is 108 Å². The topological polar surface area (TPSA) is 500 Å². The van der Waals surface area contributed by atoms with Crippen molar-refractivity contribution < 1.29 is 99.1 Å². The van der Waals surface area contributed by atoms with E-state index in [0.717, 1.165) is 123 Å². The Hall–Kier alpha value is -9.32. The van der Waals surface area contributed by atoms with Crippen LogP contribution in [0.3, 0.4) is 0 Å². The van der Waals surface area contributed by atoms with Crippen LogP contribution in [-0.2, 0) is 76.3 Å². The van der Waals surface area contributed by atoms with Gasteiger partial charge in [0.1, 0.15) is 80.4 Å². The van der Waals surface area contributed by atoms with Gasteiger partial charge in [0.05, 0.1) is 54.5 Å². The van der Waals surface area contributed by atoms with E-state index in [9.17, 15) is 53.3 Å². The summed E-state index contributed by atoms with van der Waals surface area (Å²) in [6, 6.07) is 15.2. The van der Waals surface area contributed by atoms with Crippen molar-refractivity contribution in [3.05, 3.63) is 154 Å². The van der Waals surface area contributed by atoms with Gasteiger partial charge in [-0.2, -0.15) is 8.62 Å². The van der Waals surface area contributed by atoms with E-state index in [1.54, 1.807) is 24.3 Å². The van der Waals surface area contributed by atoms with Gasteiger partial charge in [-0.25, -0.2) is 33.0 Å². The first-order valence-corrected chi connectivity index (χ1v) is 36.8. The summed E-state index contributed by atoms with van der Waals surface area (Å²) in [5.74, 6) is 4.82. The summed E-state index contributed by atoms with van der Waals surface area (Å²) in [5.41, 5.74) is 33.2. The molecule has 1 fully saturated rings. The molecule has 39 heteroatoms. The number of carboxylic acid groups (broad SMARTS) is 1. The van der Waals surface area contributed by atoms with Crippen LogP contribution in [0.5, 0.6) is 17.2 Å². The molecule has 6 atom stereocenters. The molecule has 0 spiro atoms. The van der Waals surface area contributed by atoms with Gasteiger partial charge in [0.2, 0.25) is 11.3 Å². The maximum absolute atomic E-state index is 14.1. The monoisotopic (exact) mass is 1460 g/mol. The largest absolute Gasteiger partial charge is 0.491 e. The fourth-order valence-electron chi connectivity index (χ4n) is 13.5. The summed E-state index contributed by atoms with van der Waals surface area (Å²) in [6.45, 7) is 1.38. The Morgan fingerprint density at radius 3 is 2.36 bits per heavy atom. The summed E-state index contributed by atoms with van der Waals surface area (Å²) in [4.78, 5) is 107. The molecule has 3 amide bonds. The lowest BCUT2D eigenvalue weighted by molar-refractivity contribution is -0.126. The molecular weight excluding hydrogens is 1400 g/mol. The molecule has 10 N–H and O–H groups in total. The van der Waals surface area contributed by atoms with E-state index in [4.69, 9.17) is 54.0 Å². The number of nitrogens with two attached hydrogens (primary N) is 1. The highest BCUT2D eigenvalue weighted by molar-refractivity contribution is 7.66. The van der Waals surface area contributed by atoms with E-state index in [1.807, 2.05) is 0 Å². The van der Waals surface area contributed by atoms with Crippen molar-refractivity contribution in [2.24, 2.45) is 10.2 Å². The predicted octanol–water partition coefficient (Wildman–Crippen LogP) is 4.81. The zero-order valence-electron chi connectivity index (χ0n) is 54.3. The summed E-state index contributed by atoms with van der Waals surface area (Å²) in [6.07, 6.45) is 5.47. The summed E-state index contributed by atoms with van der Waals surface area (Å²) < 4.78 is 87.3. The standard InChI is InChI=1S/C63H68N15O21P3/c64-59-53-40(30-78(60(53)71-34-70-59)52-29-48(94-35-72-74-65)49(96-52)31-95-101(87,88)99-102(89,90)98-100(84,85)86)8-2-16-67-50(79)32-91-23-24-92-51(73-75-66)33-93-41-11-1-7-38(25-41)61(80)68-17-18-69-62(81)39-14-15-42(63(82)83)45(28-39)54-46-26-36-9-3-19-76-21-5-12-43(55(36)76)57(46)97-58-44-13-6-22-77-20-4-10-37(56(44)77)27-47(54)58/h1,7,11,14-15,25-28,30,34,48-49,51-52H,3-6,9-10,12-13,16-24,29,31-33,35H2,(H9-,64,67,68,69,70,71,79,80,81,82,83,84,85,86,87,88,89,90)/p+1/t48-,49-,51?,52-/m1/s1. The number of fused-ring (bicyclic) bond motifs is 5. The Labute approximate surface area is 579 Å². The van der Waals surface area contributed by atoms with Gasteiger partial charge in [-0.1, -0.05) is 28.1 Å². The molecule has 4 aromatic carbocycles. The number of benzene rings is 4. The minimum Gasteiger partial charge on any atom is -0.491 e. The molecule has 0 bridgehead atoms. The lowest BCUT2D eigenvalue weighted by Gasteiger charge is -2.39. The third-order valence-corrected chi connectivity index (χ3v) is 21.4. The van der Waals surface area contributed by atoms with Crippen molar-refractivity contribution in [3.8, 4) is 29.1 Å². The number of nitrogen functional groups attached to an aromatic ring is 1. The molecule has 0 aliphatic carbocycles. The number of rotatable bonds is 29. The Kier molecular flexibility index (Phi) is 22.4. The second-order valence-corrected chi connectivity index (χ2v) is 28.6. The highest BCUT2D eigenvalue weighted by Crippen LogP contribution is 2.66. The zero-order valence-corrected chi connectivity index (χ0v) is 57.0. The molecule has 536 valence electrons. The number of carbonyl (C=O) groups excluding carboxylic acids is 3. The maximum atomic E-state index is 14.1. The van der Waals surface area contributed by atoms with Gasteiger partial charge in [-0.05, 0) is 109 Å². The lowest BCUT2D eigenvalue weighted by Crippen LogP contribution is -2.45. The molecule has 2 aromatic heterocycles. The quantitative estimate of drug-likeness (QED) is 0.00578. The number of anilines is 2. The number of hydrogen-bond acceptors (Lipinski definition) is 22. The number of carbonyl (C=O) groups is 4. The van der Waals surface area contributed by atoms with Crippen LogP contribution in [0.25, 0.3) is 37.5 Å². The number of aromatic carboxylic acids is 1. The van der Waals surface area contributed by atoms with E-state index >= 15 is 0 Å². The van der Waals surface area contributed by atoms with E-state index in [1.165, 1.54) is 51.1 Å². The Morgan fingerprint density at radius 2 is 1.60 bits per heavy atom. The maximum Gasteiger partial charge on any atom is 0.490 e. The Bertz CT molecular complexity index is 4790. The molecule has 6 aliphatic rings. The molecule has 36 nitrogen and oxygen atoms in total. The van der Waals surface area contributed by atoms with E-state index in [2.05, 4.69) is 88.0 Å². The first-order valence-electron chi connectivity index (χ1n) is 32.3. The van der Waals surface area contributed by atoms with Gasteiger partial charge in [0.25, 0.3) is 11.8 Å². The smallest absolute Gasteiger partial charge is 0.490 e. The third kappa shape index (κ3) is 16.7. The number of azide groups is 2. The van der Waals surface area contributed by atoms with Crippen LogP contribution in [0.2, 0.25) is 0 Å². The van der Waals surface area contributed by atoms with Gasteiger partial charge in [-0.15, -0.1) is 0 Å². The number of nitrogens with zero attached hydrogens (tertiary/aromatic N) is 11. The van der Waals surface area contributed by atoms with E-state index in [-0.39, 0.29) is 90.7 Å². The van der Waals surface area contributed by atoms with E-state index < -0.39 is 91.8 Å². The average Bonchev–Trinajstić information content (AvgIpc) is 1.13. The fourth-order valence-corrected chi connectivity index (χ4v) is 16.5. The third-order valence-electron chi connectivity index (χ3n) is 17.6. The van der Waals surface area contributed by atoms with Crippen molar-refractivity contribution >= 4 is 75.3 Å². The highest BCUT2D eigenvalue weighted by atomic mass is 31.3. The fraction of sp³-hybridized carbons (Fsp3) is 0.413. The average molecular weight is 1470 g/mol. The Balaban J connectivity index is 0.611. The molecule has 1 saturated heterocycles. The van der Waals surface area contributed by atoms with Crippen molar-refractivity contribution in [3.63, 3.8) is 0 Å². The van der Waals surface area contributed by atoms with Crippen LogP contribution in [0, 0.1) is 11.8 Å². The van der Waals surface area contributed by atoms with Crippen molar-refractivity contribution in [2.45, 2.75) is 82.5 Å². The van der Waals surface area contributed by atoms with Gasteiger partial charge in [0.15, 0.2) is 6.23 Å². The number of ether oxygens (including phenoxy) is 6. The first kappa shape index (κ1) is 72.5. The number of carboxylic acids is 1. The number of amides is 3.